The Bertz CT molecular complexity index is 737. The van der Waals surface area contributed by atoms with Crippen LogP contribution >= 0.6 is 34.3 Å². The molecule has 1 unspecified atom stereocenters. The van der Waals surface area contributed by atoms with Gasteiger partial charge in [0.1, 0.15) is 16.0 Å². The van der Waals surface area contributed by atoms with E-state index in [1.54, 1.807) is 13.0 Å². The van der Waals surface area contributed by atoms with Crippen molar-refractivity contribution in [2.75, 3.05) is 6.61 Å². The average Bonchev–Trinajstić information content (AvgIpc) is 3.24. The Hall–Kier alpha value is -1.48. The Morgan fingerprint density at radius 1 is 1.35 bits per heavy atom. The van der Waals surface area contributed by atoms with E-state index in [-0.39, 0.29) is 11.8 Å². The molecule has 9 heteroatoms. The highest BCUT2D eigenvalue weighted by atomic mass is 35.5. The summed E-state index contributed by atoms with van der Waals surface area (Å²) in [5.74, 6) is -0.719. The molecule has 3 rings (SSSR count). The molecule has 0 bridgehead atoms. The fraction of sp³-hybridized carbons (Fsp3) is 0.357. The third-order valence-corrected chi connectivity index (χ3v) is 5.86. The van der Waals surface area contributed by atoms with Gasteiger partial charge >= 0.3 is 0 Å². The van der Waals surface area contributed by atoms with Crippen molar-refractivity contribution in [2.24, 2.45) is 0 Å². The lowest BCUT2D eigenvalue weighted by Crippen LogP contribution is -2.46. The third-order valence-electron chi connectivity index (χ3n) is 3.31. The van der Waals surface area contributed by atoms with Crippen LogP contribution < -0.4 is 10.9 Å². The lowest BCUT2D eigenvalue weighted by atomic mass is 10.2. The predicted octanol–water partition coefficient (Wildman–Crippen LogP) is 2.77. The van der Waals surface area contributed by atoms with Gasteiger partial charge in [0.15, 0.2) is 0 Å². The highest BCUT2D eigenvalue weighted by Crippen LogP contribution is 2.34. The Kier molecular flexibility index (Phi) is 4.96. The zero-order valence-corrected chi connectivity index (χ0v) is 14.6. The van der Waals surface area contributed by atoms with E-state index < -0.39 is 6.10 Å². The van der Waals surface area contributed by atoms with Gasteiger partial charge in [0, 0.05) is 6.61 Å². The van der Waals surface area contributed by atoms with Crippen LogP contribution in [0.15, 0.2) is 12.1 Å². The van der Waals surface area contributed by atoms with Gasteiger partial charge in [0.05, 0.1) is 14.9 Å². The number of hydrazine groups is 1. The lowest BCUT2D eigenvalue weighted by molar-refractivity contribution is -0.130. The van der Waals surface area contributed by atoms with Gasteiger partial charge in [-0.15, -0.1) is 22.7 Å². The molecule has 1 aliphatic heterocycles. The molecule has 2 aromatic rings. The second-order valence-corrected chi connectivity index (χ2v) is 7.70. The molecule has 1 aliphatic rings. The van der Waals surface area contributed by atoms with Gasteiger partial charge in [0.2, 0.25) is 0 Å². The van der Waals surface area contributed by atoms with Gasteiger partial charge in [-0.3, -0.25) is 20.4 Å². The van der Waals surface area contributed by atoms with Crippen molar-refractivity contribution in [1.29, 1.82) is 0 Å². The van der Waals surface area contributed by atoms with Gasteiger partial charge in [-0.1, -0.05) is 11.6 Å². The minimum absolute atomic E-state index is 0.330. The highest BCUT2D eigenvalue weighted by molar-refractivity contribution is 7.24. The van der Waals surface area contributed by atoms with E-state index in [2.05, 4.69) is 15.8 Å². The van der Waals surface area contributed by atoms with Crippen molar-refractivity contribution in [1.82, 2.24) is 15.8 Å². The molecule has 6 nitrogen and oxygen atoms in total. The van der Waals surface area contributed by atoms with Gasteiger partial charge in [-0.05, 0) is 31.9 Å². The fourth-order valence-corrected chi connectivity index (χ4v) is 4.24. The van der Waals surface area contributed by atoms with Crippen molar-refractivity contribution in [3.63, 3.8) is 0 Å². The molecule has 2 aromatic heterocycles. The van der Waals surface area contributed by atoms with E-state index >= 15 is 0 Å². The number of thiophene rings is 1. The number of hydrogen-bond donors (Lipinski definition) is 2. The number of nitrogens with one attached hydrogen (secondary N) is 2. The molecular formula is C14H14ClN3O3S2. The molecule has 2 amide bonds. The standard InChI is InChI=1S/C14H14ClN3O3S2/c1-7-11(23-14(16-7)9-4-5-10(15)22-9)13(20)18-17-12(19)8-3-2-6-21-8/h4-5,8H,2-3,6H2,1H3,(H,17,19)(H,18,20). The minimum atomic E-state index is -0.485. The zero-order chi connectivity index (χ0) is 16.4. The van der Waals surface area contributed by atoms with E-state index in [1.807, 2.05) is 6.07 Å². The van der Waals surface area contributed by atoms with Gasteiger partial charge in [0.25, 0.3) is 11.8 Å². The van der Waals surface area contributed by atoms with Crippen LogP contribution in [-0.4, -0.2) is 29.5 Å². The smallest absolute Gasteiger partial charge is 0.281 e. The summed E-state index contributed by atoms with van der Waals surface area (Å²) in [4.78, 5) is 29.8. The van der Waals surface area contributed by atoms with Gasteiger partial charge < -0.3 is 4.74 Å². The Morgan fingerprint density at radius 3 is 2.83 bits per heavy atom. The molecule has 2 N–H and O–H groups in total. The number of ether oxygens (including phenoxy) is 1. The number of carbonyl (C=O) groups excluding carboxylic acids is 2. The first-order chi connectivity index (χ1) is 11.0. The first-order valence-electron chi connectivity index (χ1n) is 6.99. The van der Waals surface area contributed by atoms with Crippen molar-refractivity contribution in [3.05, 3.63) is 27.0 Å². The Labute approximate surface area is 145 Å². The zero-order valence-electron chi connectivity index (χ0n) is 12.2. The fourth-order valence-electron chi connectivity index (χ4n) is 2.18. The van der Waals surface area contributed by atoms with Crippen LogP contribution in [0.4, 0.5) is 0 Å². The van der Waals surface area contributed by atoms with Crippen LogP contribution in [0.25, 0.3) is 9.88 Å². The summed E-state index contributed by atoms with van der Waals surface area (Å²) >= 11 is 8.59. The molecule has 1 fully saturated rings. The van der Waals surface area contributed by atoms with E-state index in [0.29, 0.717) is 27.9 Å². The molecule has 23 heavy (non-hydrogen) atoms. The number of carbonyl (C=O) groups is 2. The normalized spacial score (nSPS) is 17.2. The van der Waals surface area contributed by atoms with Gasteiger partial charge in [-0.2, -0.15) is 0 Å². The summed E-state index contributed by atoms with van der Waals surface area (Å²) < 4.78 is 5.93. The average molecular weight is 372 g/mol. The molecule has 3 heterocycles. The van der Waals surface area contributed by atoms with Crippen LogP contribution in [0, 0.1) is 6.92 Å². The summed E-state index contributed by atoms with van der Waals surface area (Å²) in [5.41, 5.74) is 5.43. The number of aryl methyl sites for hydroxylation is 1. The third kappa shape index (κ3) is 3.72. The number of thiazole rings is 1. The molecule has 0 spiro atoms. The van der Waals surface area contributed by atoms with Crippen molar-refractivity contribution >= 4 is 46.1 Å². The first kappa shape index (κ1) is 16.4. The van der Waals surface area contributed by atoms with E-state index in [0.717, 1.165) is 16.3 Å². The van der Waals surface area contributed by atoms with Crippen LogP contribution in [-0.2, 0) is 9.53 Å². The molecule has 0 radical (unpaired) electrons. The van der Waals surface area contributed by atoms with Gasteiger partial charge in [-0.25, -0.2) is 4.98 Å². The van der Waals surface area contributed by atoms with Crippen molar-refractivity contribution < 1.29 is 14.3 Å². The SMILES string of the molecule is Cc1nc(-c2ccc(Cl)s2)sc1C(=O)NNC(=O)C1CCCO1. The monoisotopic (exact) mass is 371 g/mol. The number of aromatic nitrogens is 1. The molecule has 0 saturated carbocycles. The maximum absolute atomic E-state index is 12.2. The highest BCUT2D eigenvalue weighted by Gasteiger charge is 2.24. The van der Waals surface area contributed by atoms with Crippen LogP contribution in [0.2, 0.25) is 4.34 Å². The summed E-state index contributed by atoms with van der Waals surface area (Å²) in [6, 6.07) is 3.66. The minimum Gasteiger partial charge on any atom is -0.368 e. The molecular weight excluding hydrogens is 358 g/mol. The summed E-state index contributed by atoms with van der Waals surface area (Å²) in [5, 5.41) is 0.731. The van der Waals surface area contributed by atoms with E-state index in [4.69, 9.17) is 16.3 Å². The number of halogens is 1. The Balaban J connectivity index is 1.65. The summed E-state index contributed by atoms with van der Waals surface area (Å²) in [6.45, 7) is 2.33. The lowest BCUT2D eigenvalue weighted by Gasteiger charge is -2.10. The number of amides is 2. The topological polar surface area (TPSA) is 80.3 Å². The quantitative estimate of drug-likeness (QED) is 0.813. The van der Waals surface area contributed by atoms with Crippen LogP contribution in [0.3, 0.4) is 0 Å². The maximum atomic E-state index is 12.2. The van der Waals surface area contributed by atoms with E-state index in [9.17, 15) is 9.59 Å². The molecule has 1 saturated heterocycles. The second-order valence-electron chi connectivity index (χ2n) is 4.98. The Morgan fingerprint density at radius 2 is 2.17 bits per heavy atom. The molecule has 122 valence electrons. The number of rotatable bonds is 3. The van der Waals surface area contributed by atoms with Crippen LogP contribution in [0.1, 0.15) is 28.2 Å². The van der Waals surface area contributed by atoms with Crippen molar-refractivity contribution in [3.8, 4) is 9.88 Å². The summed E-state index contributed by atoms with van der Waals surface area (Å²) in [6.07, 6.45) is 1.04. The van der Waals surface area contributed by atoms with E-state index in [1.165, 1.54) is 22.7 Å². The largest absolute Gasteiger partial charge is 0.368 e. The molecule has 0 aromatic carbocycles. The maximum Gasteiger partial charge on any atom is 0.281 e. The first-order valence-corrected chi connectivity index (χ1v) is 9.00. The second kappa shape index (κ2) is 6.96. The summed E-state index contributed by atoms with van der Waals surface area (Å²) in [7, 11) is 0. The number of hydrogen-bond acceptors (Lipinski definition) is 6. The molecule has 0 aliphatic carbocycles. The molecule has 1 atom stereocenters. The van der Waals surface area contributed by atoms with Crippen molar-refractivity contribution in [2.45, 2.75) is 25.9 Å². The predicted molar refractivity (Wildman–Crippen MR) is 89.8 cm³/mol. The number of nitrogens with zero attached hydrogens (tertiary/aromatic N) is 1. The van der Waals surface area contributed by atoms with Crippen LogP contribution in [0.5, 0.6) is 0 Å².